The van der Waals surface area contributed by atoms with Crippen molar-refractivity contribution in [1.29, 1.82) is 0 Å². The molecule has 0 fully saturated rings. The minimum atomic E-state index is -1.23. The highest BCUT2D eigenvalue weighted by atomic mass is 19.1. The number of rotatable bonds is 6. The van der Waals surface area contributed by atoms with Crippen LogP contribution in [0.2, 0.25) is 0 Å². The fourth-order valence-electron chi connectivity index (χ4n) is 1.19. The van der Waals surface area contributed by atoms with Crippen LogP contribution in [0.1, 0.15) is 10.4 Å². The van der Waals surface area contributed by atoms with Crippen LogP contribution >= 0.6 is 0 Å². The van der Waals surface area contributed by atoms with Crippen LogP contribution in [0.3, 0.4) is 0 Å². The molecule has 0 heterocycles. The molecule has 0 saturated heterocycles. The third-order valence-corrected chi connectivity index (χ3v) is 1.98. The monoisotopic (exact) mass is 270 g/mol. The van der Waals surface area contributed by atoms with Gasteiger partial charge in [0, 0.05) is 5.56 Å². The highest BCUT2D eigenvalue weighted by Gasteiger charge is 2.10. The van der Waals surface area contributed by atoms with Gasteiger partial charge in [-0.1, -0.05) is 0 Å². The highest BCUT2D eigenvalue weighted by molar-refractivity contribution is 5.96. The van der Waals surface area contributed by atoms with Gasteiger partial charge in [0.05, 0.1) is 5.69 Å². The number of anilines is 1. The number of nitrogens with two attached hydrogens (primary N) is 1. The first-order valence-corrected chi connectivity index (χ1v) is 5.09. The zero-order valence-corrected chi connectivity index (χ0v) is 9.68. The van der Waals surface area contributed by atoms with Gasteiger partial charge in [0.1, 0.15) is 19.0 Å². The van der Waals surface area contributed by atoms with Crippen molar-refractivity contribution in [3.63, 3.8) is 0 Å². The third kappa shape index (κ3) is 4.72. The van der Waals surface area contributed by atoms with Crippen LogP contribution in [0.5, 0.6) is 0 Å². The molecule has 0 atom stereocenters. The molecule has 19 heavy (non-hydrogen) atoms. The molecule has 4 N–H and O–H groups in total. The molecule has 0 bridgehead atoms. The van der Waals surface area contributed by atoms with E-state index in [1.165, 1.54) is 6.07 Å². The zero-order chi connectivity index (χ0) is 14.4. The number of hydrogen-bond donors (Lipinski definition) is 3. The minimum absolute atomic E-state index is 0.0307. The van der Waals surface area contributed by atoms with E-state index in [9.17, 15) is 18.8 Å². The quantitative estimate of drug-likeness (QED) is 0.670. The predicted molar refractivity (Wildman–Crippen MR) is 62.0 cm³/mol. The summed E-state index contributed by atoms with van der Waals surface area (Å²) in [4.78, 5) is 32.4. The van der Waals surface area contributed by atoms with E-state index in [2.05, 4.69) is 10.1 Å². The van der Waals surface area contributed by atoms with Crippen molar-refractivity contribution in [2.45, 2.75) is 0 Å². The number of halogens is 1. The first-order chi connectivity index (χ1) is 8.90. The Morgan fingerprint density at radius 2 is 2.00 bits per heavy atom. The standard InChI is InChI=1S/C11H11FN2O5/c12-7-2-1-6(11(13)18)3-8(7)14-9(15)4-19-5-10(16)17/h1-3H,4-5H2,(H2,13,18)(H,14,15)(H,16,17). The predicted octanol–water partition coefficient (Wildman–Crippen LogP) is -0.0357. The Hall–Kier alpha value is -2.48. The van der Waals surface area contributed by atoms with Gasteiger partial charge in [-0.05, 0) is 18.2 Å². The number of nitrogens with one attached hydrogen (secondary N) is 1. The number of primary amides is 1. The molecule has 1 aromatic carbocycles. The summed E-state index contributed by atoms with van der Waals surface area (Å²) < 4.78 is 17.9. The number of carbonyl (C=O) groups excluding carboxylic acids is 2. The maximum absolute atomic E-state index is 13.3. The number of hydrogen-bond acceptors (Lipinski definition) is 4. The molecule has 0 unspecified atom stereocenters. The highest BCUT2D eigenvalue weighted by Crippen LogP contribution is 2.15. The average molecular weight is 270 g/mol. The van der Waals surface area contributed by atoms with Gasteiger partial charge < -0.3 is 20.9 Å². The van der Waals surface area contributed by atoms with Gasteiger partial charge in [-0.25, -0.2) is 9.18 Å². The van der Waals surface area contributed by atoms with Crippen molar-refractivity contribution >= 4 is 23.5 Å². The molecule has 7 nitrogen and oxygen atoms in total. The van der Waals surface area contributed by atoms with Crippen molar-refractivity contribution in [3.8, 4) is 0 Å². The molecule has 0 spiro atoms. The van der Waals surface area contributed by atoms with Gasteiger partial charge in [-0.2, -0.15) is 0 Å². The van der Waals surface area contributed by atoms with Gasteiger partial charge in [0.2, 0.25) is 11.8 Å². The van der Waals surface area contributed by atoms with Gasteiger partial charge in [-0.15, -0.1) is 0 Å². The lowest BCUT2D eigenvalue weighted by atomic mass is 10.2. The van der Waals surface area contributed by atoms with Crippen molar-refractivity contribution in [1.82, 2.24) is 0 Å². The average Bonchev–Trinajstić information content (AvgIpc) is 2.31. The molecule has 2 amide bonds. The molecular formula is C11H11FN2O5. The van der Waals surface area contributed by atoms with Crippen LogP contribution in [0.25, 0.3) is 0 Å². The number of carbonyl (C=O) groups is 3. The third-order valence-electron chi connectivity index (χ3n) is 1.98. The Morgan fingerprint density at radius 3 is 2.58 bits per heavy atom. The lowest BCUT2D eigenvalue weighted by Gasteiger charge is -2.07. The zero-order valence-electron chi connectivity index (χ0n) is 9.68. The van der Waals surface area contributed by atoms with Crippen molar-refractivity contribution in [2.75, 3.05) is 18.5 Å². The number of aliphatic carboxylic acids is 1. The van der Waals surface area contributed by atoms with E-state index in [0.29, 0.717) is 0 Å². The fraction of sp³-hybridized carbons (Fsp3) is 0.182. The van der Waals surface area contributed by atoms with Gasteiger partial charge in [0.15, 0.2) is 0 Å². The van der Waals surface area contributed by atoms with Crippen molar-refractivity contribution in [3.05, 3.63) is 29.6 Å². The Balaban J connectivity index is 2.65. The summed E-state index contributed by atoms with van der Waals surface area (Å²) in [6, 6.07) is 3.23. The van der Waals surface area contributed by atoms with E-state index in [-0.39, 0.29) is 11.3 Å². The Bertz CT molecular complexity index is 518. The van der Waals surface area contributed by atoms with Gasteiger partial charge in [0.25, 0.3) is 0 Å². The van der Waals surface area contributed by atoms with Crippen LogP contribution < -0.4 is 11.1 Å². The largest absolute Gasteiger partial charge is 0.480 e. The summed E-state index contributed by atoms with van der Waals surface area (Å²) in [5.74, 6) is -3.49. The maximum atomic E-state index is 13.3. The summed E-state index contributed by atoms with van der Waals surface area (Å²) in [6.07, 6.45) is 0. The summed E-state index contributed by atoms with van der Waals surface area (Å²) in [5, 5.41) is 10.4. The van der Waals surface area contributed by atoms with E-state index < -0.39 is 36.8 Å². The number of amides is 2. The van der Waals surface area contributed by atoms with Crippen molar-refractivity contribution < 1.29 is 28.6 Å². The molecule has 0 aromatic heterocycles. The number of benzene rings is 1. The summed E-state index contributed by atoms with van der Waals surface area (Å²) in [5.41, 5.74) is 4.81. The molecule has 0 aliphatic rings. The smallest absolute Gasteiger partial charge is 0.329 e. The second kappa shape index (κ2) is 6.45. The van der Waals surface area contributed by atoms with E-state index in [1.807, 2.05) is 0 Å². The van der Waals surface area contributed by atoms with E-state index in [1.54, 1.807) is 0 Å². The number of carboxylic acid groups (broad SMARTS) is 1. The second-order valence-corrected chi connectivity index (χ2v) is 3.49. The minimum Gasteiger partial charge on any atom is -0.480 e. The topological polar surface area (TPSA) is 119 Å². The Kier molecular flexibility index (Phi) is 4.95. The van der Waals surface area contributed by atoms with Crippen LogP contribution in [0.15, 0.2) is 18.2 Å². The summed E-state index contributed by atoms with van der Waals surface area (Å²) in [7, 11) is 0. The lowest BCUT2D eigenvalue weighted by molar-refractivity contribution is -0.143. The Labute approximate surface area is 107 Å². The normalized spacial score (nSPS) is 9.95. The molecule has 1 rings (SSSR count). The molecule has 102 valence electrons. The molecule has 0 aliphatic carbocycles. The van der Waals surface area contributed by atoms with Crippen LogP contribution in [-0.4, -0.2) is 36.1 Å². The molecule has 1 aromatic rings. The molecule has 8 heteroatoms. The van der Waals surface area contributed by atoms with Crippen LogP contribution in [0, 0.1) is 5.82 Å². The molecule has 0 aliphatic heterocycles. The maximum Gasteiger partial charge on any atom is 0.329 e. The Morgan fingerprint density at radius 1 is 1.32 bits per heavy atom. The number of ether oxygens (including phenoxy) is 1. The van der Waals surface area contributed by atoms with Gasteiger partial charge >= 0.3 is 5.97 Å². The van der Waals surface area contributed by atoms with Crippen LogP contribution in [-0.2, 0) is 14.3 Å². The summed E-state index contributed by atoms with van der Waals surface area (Å²) >= 11 is 0. The second-order valence-electron chi connectivity index (χ2n) is 3.49. The van der Waals surface area contributed by atoms with Crippen molar-refractivity contribution in [2.24, 2.45) is 5.73 Å². The van der Waals surface area contributed by atoms with Gasteiger partial charge in [-0.3, -0.25) is 9.59 Å². The molecule has 0 saturated carbocycles. The summed E-state index contributed by atoms with van der Waals surface area (Å²) in [6.45, 7) is -1.19. The fourth-order valence-corrected chi connectivity index (χ4v) is 1.19. The SMILES string of the molecule is NC(=O)c1ccc(F)c(NC(=O)COCC(=O)O)c1. The first kappa shape index (κ1) is 14.6. The van der Waals surface area contributed by atoms with E-state index in [0.717, 1.165) is 12.1 Å². The van der Waals surface area contributed by atoms with E-state index in [4.69, 9.17) is 10.8 Å². The number of carboxylic acids is 1. The van der Waals surface area contributed by atoms with Crippen LogP contribution in [0.4, 0.5) is 10.1 Å². The molecular weight excluding hydrogens is 259 g/mol. The molecule has 0 radical (unpaired) electrons. The first-order valence-electron chi connectivity index (χ1n) is 5.09. The van der Waals surface area contributed by atoms with E-state index >= 15 is 0 Å². The lowest BCUT2D eigenvalue weighted by Crippen LogP contribution is -2.21.